The third-order valence-electron chi connectivity index (χ3n) is 8.65. The summed E-state index contributed by atoms with van der Waals surface area (Å²) in [4.78, 5) is 72.5. The number of carbonyl (C=O) groups is 2. The molecule has 17 heteroatoms. The van der Waals surface area contributed by atoms with Crippen molar-refractivity contribution in [3.8, 4) is 0 Å². The fourth-order valence-electron chi connectivity index (χ4n) is 6.51. The molecule has 2 saturated carbocycles. The molecule has 5 N–H and O–H groups in total. The van der Waals surface area contributed by atoms with Gasteiger partial charge in [0, 0.05) is 18.6 Å². The second kappa shape index (κ2) is 13.4. The zero-order valence-corrected chi connectivity index (χ0v) is 26.9. The van der Waals surface area contributed by atoms with Crippen molar-refractivity contribution in [2.75, 3.05) is 11.1 Å². The zero-order valence-electron chi connectivity index (χ0n) is 25.4. The Kier molecular flexibility index (Phi) is 9.06. The van der Waals surface area contributed by atoms with Crippen LogP contribution in [0, 0.1) is 0 Å². The van der Waals surface area contributed by atoms with Gasteiger partial charge in [0.05, 0.1) is 6.20 Å². The molecular weight excluding hydrogens is 672 g/mol. The number of nitrogens with one attached hydrogen (secondary N) is 3. The molecule has 244 valence electrons. The Labute approximate surface area is 276 Å². The minimum atomic E-state index is -0.627. The lowest BCUT2D eigenvalue weighted by Gasteiger charge is -2.34. The Morgan fingerprint density at radius 1 is 0.702 bits per heavy atom. The molecule has 0 unspecified atom stereocenters. The number of fused-ring (bicyclic) bond motifs is 4. The Morgan fingerprint density at radius 2 is 1.23 bits per heavy atom. The number of rotatable bonds is 2. The summed E-state index contributed by atoms with van der Waals surface area (Å²) in [7, 11) is 0. The van der Waals surface area contributed by atoms with Crippen molar-refractivity contribution in [3.05, 3.63) is 86.4 Å². The molecule has 0 saturated heterocycles. The maximum absolute atomic E-state index is 12.9. The minimum absolute atomic E-state index is 0.171. The molecule has 16 nitrogen and oxygen atoms in total. The van der Waals surface area contributed by atoms with Crippen LogP contribution in [0.5, 0.6) is 0 Å². The topological polar surface area (TPSA) is 218 Å². The van der Waals surface area contributed by atoms with Crippen LogP contribution in [0.25, 0.3) is 0 Å². The number of aromatic nitrogens is 8. The summed E-state index contributed by atoms with van der Waals surface area (Å²) in [6, 6.07) is 3.30. The van der Waals surface area contributed by atoms with Crippen molar-refractivity contribution in [2.45, 2.75) is 75.5 Å². The lowest BCUT2D eigenvalue weighted by molar-refractivity contribution is 0.0866. The largest absolute Gasteiger partial charge is 0.384 e. The standard InChI is InChI=1S/C15H16N6O2.C11H12BrN3O2.C4H5N3/c22-13-12-17-8-10(19-11-4-7-16-9-18-11)14(23)21(12)15(20-13)5-2-1-3-6-15;12-7-6-13-8-9(16)14-11(15(8)10(7)17)4-2-1-3-5-11;5-4-1-2-6-3-7-4/h4,7-9H,1-3,5-6H2,(H,20,22)(H,16,18,19);6H,1-5H2,(H,14,16);1-3H,(H2,5,6,7). The van der Waals surface area contributed by atoms with Crippen molar-refractivity contribution in [1.82, 2.24) is 49.7 Å². The Hall–Kier alpha value is -5.06. The summed E-state index contributed by atoms with van der Waals surface area (Å²) in [6.07, 6.45) is 18.2. The van der Waals surface area contributed by atoms with Crippen LogP contribution >= 0.6 is 15.9 Å². The highest BCUT2D eigenvalue weighted by Gasteiger charge is 2.46. The number of nitrogen functional groups attached to an aromatic ring is 1. The molecule has 0 bridgehead atoms. The van der Waals surface area contributed by atoms with Crippen molar-refractivity contribution in [2.24, 2.45) is 0 Å². The van der Waals surface area contributed by atoms with Crippen LogP contribution in [0.4, 0.5) is 17.3 Å². The fourth-order valence-corrected chi connectivity index (χ4v) is 6.79. The highest BCUT2D eigenvalue weighted by atomic mass is 79.9. The molecule has 0 radical (unpaired) electrons. The van der Waals surface area contributed by atoms with Crippen LogP contribution in [-0.2, 0) is 11.3 Å². The molecule has 2 aliphatic heterocycles. The average molecular weight is 706 g/mol. The van der Waals surface area contributed by atoms with E-state index >= 15 is 0 Å². The van der Waals surface area contributed by atoms with Gasteiger partial charge in [-0.1, -0.05) is 12.8 Å². The van der Waals surface area contributed by atoms with E-state index in [1.165, 1.54) is 29.6 Å². The molecule has 0 aromatic carbocycles. The number of hydrogen-bond donors (Lipinski definition) is 4. The van der Waals surface area contributed by atoms with Gasteiger partial charge in [0.25, 0.3) is 22.9 Å². The smallest absolute Gasteiger partial charge is 0.289 e. The van der Waals surface area contributed by atoms with Gasteiger partial charge in [-0.25, -0.2) is 29.9 Å². The molecule has 4 aromatic heterocycles. The van der Waals surface area contributed by atoms with Gasteiger partial charge in [-0.2, -0.15) is 0 Å². The van der Waals surface area contributed by atoms with Gasteiger partial charge in [-0.3, -0.25) is 28.3 Å². The summed E-state index contributed by atoms with van der Waals surface area (Å²) in [5, 5.41) is 8.87. The van der Waals surface area contributed by atoms with E-state index in [9.17, 15) is 19.2 Å². The van der Waals surface area contributed by atoms with E-state index < -0.39 is 11.3 Å². The van der Waals surface area contributed by atoms with E-state index in [0.717, 1.165) is 64.2 Å². The number of anilines is 3. The monoisotopic (exact) mass is 704 g/mol. The van der Waals surface area contributed by atoms with Crippen LogP contribution in [0.3, 0.4) is 0 Å². The third-order valence-corrected chi connectivity index (χ3v) is 9.19. The first-order valence-electron chi connectivity index (χ1n) is 15.3. The minimum Gasteiger partial charge on any atom is -0.384 e. The Bertz CT molecular complexity index is 1890. The predicted octanol–water partition coefficient (Wildman–Crippen LogP) is 2.56. The van der Waals surface area contributed by atoms with Crippen molar-refractivity contribution in [3.63, 3.8) is 0 Å². The normalized spacial score (nSPS) is 18.1. The predicted molar refractivity (Wildman–Crippen MR) is 174 cm³/mol. The van der Waals surface area contributed by atoms with Crippen LogP contribution in [0.1, 0.15) is 85.4 Å². The van der Waals surface area contributed by atoms with Crippen molar-refractivity contribution in [1.29, 1.82) is 0 Å². The molecule has 6 heterocycles. The van der Waals surface area contributed by atoms with Crippen LogP contribution in [0.2, 0.25) is 0 Å². The first-order valence-corrected chi connectivity index (χ1v) is 16.1. The van der Waals surface area contributed by atoms with E-state index in [-0.39, 0.29) is 34.6 Å². The molecule has 0 atom stereocenters. The molecular formula is C30H33BrN12O4. The van der Waals surface area contributed by atoms with Gasteiger partial charge in [0.15, 0.2) is 0 Å². The molecule has 2 amide bonds. The quantitative estimate of drug-likeness (QED) is 0.237. The van der Waals surface area contributed by atoms with Gasteiger partial charge in [0.2, 0.25) is 11.6 Å². The maximum Gasteiger partial charge on any atom is 0.289 e. The first-order chi connectivity index (χ1) is 22.7. The van der Waals surface area contributed by atoms with Crippen molar-refractivity contribution < 1.29 is 9.59 Å². The summed E-state index contributed by atoms with van der Waals surface area (Å²) in [5.41, 5.74) is 3.92. The van der Waals surface area contributed by atoms with E-state index in [0.29, 0.717) is 21.8 Å². The Balaban J connectivity index is 0.000000141. The fraction of sp³-hybridized carbons (Fsp3) is 0.400. The molecule has 8 rings (SSSR count). The van der Waals surface area contributed by atoms with Gasteiger partial charge in [0.1, 0.15) is 45.8 Å². The summed E-state index contributed by atoms with van der Waals surface area (Å²) < 4.78 is 3.47. The van der Waals surface area contributed by atoms with E-state index in [4.69, 9.17) is 5.73 Å². The second-order valence-electron chi connectivity index (χ2n) is 11.7. The van der Waals surface area contributed by atoms with Crippen molar-refractivity contribution >= 4 is 45.1 Å². The number of amides is 2. The second-order valence-corrected chi connectivity index (χ2v) is 12.5. The molecule has 2 spiro atoms. The highest BCUT2D eigenvalue weighted by Crippen LogP contribution is 2.37. The SMILES string of the molecule is Nc1ccncn1.O=C1NC2(CCCCC2)n2c1ncc(Br)c2=O.O=C1NC2(CCCCC2)n2c1ncc(Nc1ccncn1)c2=O. The Morgan fingerprint density at radius 3 is 1.72 bits per heavy atom. The third kappa shape index (κ3) is 6.34. The molecule has 47 heavy (non-hydrogen) atoms. The lowest BCUT2D eigenvalue weighted by Crippen LogP contribution is -2.48. The number of nitrogens with two attached hydrogens (primary N) is 1. The molecule has 2 fully saturated rings. The molecule has 4 aromatic rings. The maximum atomic E-state index is 12.9. The van der Waals surface area contributed by atoms with Gasteiger partial charge >= 0.3 is 0 Å². The van der Waals surface area contributed by atoms with E-state index in [1.54, 1.807) is 29.1 Å². The van der Waals surface area contributed by atoms with Crippen LogP contribution in [0.15, 0.2) is 63.6 Å². The van der Waals surface area contributed by atoms with E-state index in [2.05, 4.69) is 61.8 Å². The highest BCUT2D eigenvalue weighted by molar-refractivity contribution is 9.10. The number of carbonyl (C=O) groups excluding carboxylic acids is 2. The van der Waals surface area contributed by atoms with E-state index in [1.807, 2.05) is 0 Å². The van der Waals surface area contributed by atoms with Gasteiger partial charge < -0.3 is 21.7 Å². The first kappa shape index (κ1) is 31.9. The number of halogens is 1. The summed E-state index contributed by atoms with van der Waals surface area (Å²) in [6.45, 7) is 0. The van der Waals surface area contributed by atoms with Gasteiger partial charge in [-0.15, -0.1) is 0 Å². The number of hydrogen-bond acceptors (Lipinski definition) is 12. The molecule has 4 aliphatic rings. The van der Waals surface area contributed by atoms with Crippen LogP contribution < -0.4 is 32.8 Å². The zero-order chi connectivity index (χ0) is 33.0. The lowest BCUT2D eigenvalue weighted by atomic mass is 9.89. The summed E-state index contributed by atoms with van der Waals surface area (Å²) in [5.74, 6) is 0.920. The molecule has 2 aliphatic carbocycles. The summed E-state index contributed by atoms with van der Waals surface area (Å²) >= 11 is 3.18. The number of nitrogens with zero attached hydrogens (tertiary/aromatic N) is 8. The average Bonchev–Trinajstić information content (AvgIpc) is 3.51. The van der Waals surface area contributed by atoms with Gasteiger partial charge in [-0.05, 0) is 79.4 Å². The van der Waals surface area contributed by atoms with Crippen LogP contribution in [-0.4, -0.2) is 50.9 Å².